The third-order valence-electron chi connectivity index (χ3n) is 3.97. The molecule has 0 N–H and O–H groups in total. The normalized spacial score (nSPS) is 16.0. The lowest BCUT2D eigenvalue weighted by Gasteiger charge is -2.11. The molecule has 1 aliphatic rings. The zero-order chi connectivity index (χ0) is 15.9. The SMILES string of the molecule is FC(F)c1nnc(-c2cnc(CC3(c4cccs4)CC3)nc2)o1. The van der Waals surface area contributed by atoms with Gasteiger partial charge in [0.25, 0.3) is 11.8 Å². The summed E-state index contributed by atoms with van der Waals surface area (Å²) in [5, 5.41) is 8.97. The van der Waals surface area contributed by atoms with Gasteiger partial charge in [-0.05, 0) is 24.3 Å². The lowest BCUT2D eigenvalue weighted by Crippen LogP contribution is -2.11. The molecule has 3 heterocycles. The first-order valence-corrected chi connectivity index (χ1v) is 8.01. The highest BCUT2D eigenvalue weighted by Crippen LogP contribution is 2.51. The smallest absolute Gasteiger partial charge is 0.314 e. The molecular weight excluding hydrogens is 322 g/mol. The predicted octanol–water partition coefficient (Wildman–Crippen LogP) is 3.80. The van der Waals surface area contributed by atoms with Gasteiger partial charge < -0.3 is 4.42 Å². The summed E-state index contributed by atoms with van der Waals surface area (Å²) >= 11 is 1.76. The van der Waals surface area contributed by atoms with Crippen LogP contribution in [0.1, 0.15) is 35.9 Å². The zero-order valence-corrected chi connectivity index (χ0v) is 12.8. The third-order valence-corrected chi connectivity index (χ3v) is 5.09. The quantitative estimate of drug-likeness (QED) is 0.710. The molecule has 0 bridgehead atoms. The van der Waals surface area contributed by atoms with Crippen LogP contribution in [0.5, 0.6) is 0 Å². The second-order valence-electron chi connectivity index (χ2n) is 5.57. The number of hydrogen-bond acceptors (Lipinski definition) is 6. The molecule has 1 fully saturated rings. The lowest BCUT2D eigenvalue weighted by molar-refractivity contribution is 0.116. The predicted molar refractivity (Wildman–Crippen MR) is 79.2 cm³/mol. The summed E-state index contributed by atoms with van der Waals surface area (Å²) < 4.78 is 29.8. The Morgan fingerprint density at radius 1 is 1.22 bits per heavy atom. The summed E-state index contributed by atoms with van der Waals surface area (Å²) in [4.78, 5) is 10.0. The molecule has 0 aromatic carbocycles. The average Bonchev–Trinajstić information content (AvgIpc) is 3.01. The second kappa shape index (κ2) is 5.45. The van der Waals surface area contributed by atoms with Gasteiger partial charge >= 0.3 is 6.43 Å². The van der Waals surface area contributed by atoms with Gasteiger partial charge in [0.1, 0.15) is 5.82 Å². The van der Waals surface area contributed by atoms with Crippen LogP contribution in [-0.2, 0) is 11.8 Å². The van der Waals surface area contributed by atoms with Crippen molar-refractivity contribution in [1.82, 2.24) is 20.2 Å². The minimum atomic E-state index is -2.78. The first kappa shape index (κ1) is 14.4. The zero-order valence-electron chi connectivity index (χ0n) is 11.9. The van der Waals surface area contributed by atoms with Crippen LogP contribution >= 0.6 is 11.3 Å². The van der Waals surface area contributed by atoms with E-state index in [2.05, 4.69) is 37.7 Å². The number of alkyl halides is 2. The van der Waals surface area contributed by atoms with E-state index in [0.29, 0.717) is 5.56 Å². The maximum atomic E-state index is 12.5. The van der Waals surface area contributed by atoms with Crippen molar-refractivity contribution in [3.05, 3.63) is 46.5 Å². The summed E-state index contributed by atoms with van der Waals surface area (Å²) in [5.74, 6) is 0.0400. The van der Waals surface area contributed by atoms with E-state index >= 15 is 0 Å². The Morgan fingerprint density at radius 3 is 2.57 bits per heavy atom. The number of aromatic nitrogens is 4. The van der Waals surface area contributed by atoms with Crippen molar-refractivity contribution in [2.45, 2.75) is 31.1 Å². The minimum Gasteiger partial charge on any atom is -0.415 e. The van der Waals surface area contributed by atoms with Crippen LogP contribution in [-0.4, -0.2) is 20.2 Å². The fourth-order valence-corrected chi connectivity index (χ4v) is 3.53. The van der Waals surface area contributed by atoms with E-state index in [9.17, 15) is 8.78 Å². The van der Waals surface area contributed by atoms with Gasteiger partial charge in [0, 0.05) is 29.1 Å². The van der Waals surface area contributed by atoms with Crippen LogP contribution in [0.15, 0.2) is 34.3 Å². The number of thiophene rings is 1. The van der Waals surface area contributed by atoms with Crippen LogP contribution in [0, 0.1) is 0 Å². The summed E-state index contributed by atoms with van der Waals surface area (Å²) in [5.41, 5.74) is 0.609. The van der Waals surface area contributed by atoms with Crippen molar-refractivity contribution in [1.29, 1.82) is 0 Å². The fraction of sp³-hybridized carbons (Fsp3) is 0.333. The summed E-state index contributed by atoms with van der Waals surface area (Å²) in [7, 11) is 0. The topological polar surface area (TPSA) is 64.7 Å². The van der Waals surface area contributed by atoms with Gasteiger partial charge in [0.05, 0.1) is 5.56 Å². The van der Waals surface area contributed by atoms with Gasteiger partial charge in [-0.2, -0.15) is 8.78 Å². The van der Waals surface area contributed by atoms with Crippen molar-refractivity contribution in [3.8, 4) is 11.5 Å². The monoisotopic (exact) mass is 334 g/mol. The van der Waals surface area contributed by atoms with Gasteiger partial charge in [-0.25, -0.2) is 9.97 Å². The van der Waals surface area contributed by atoms with E-state index in [1.807, 2.05) is 0 Å². The third kappa shape index (κ3) is 2.74. The molecule has 0 radical (unpaired) electrons. The molecule has 0 atom stereocenters. The Bertz CT molecular complexity index is 797. The maximum absolute atomic E-state index is 12.5. The highest BCUT2D eigenvalue weighted by Gasteiger charge is 2.45. The van der Waals surface area contributed by atoms with Crippen LogP contribution in [0.3, 0.4) is 0 Å². The van der Waals surface area contributed by atoms with E-state index in [0.717, 1.165) is 25.1 Å². The summed E-state index contributed by atoms with van der Waals surface area (Å²) in [6, 6.07) is 4.20. The molecule has 1 saturated carbocycles. The highest BCUT2D eigenvalue weighted by atomic mass is 32.1. The Kier molecular flexibility index (Phi) is 3.41. The van der Waals surface area contributed by atoms with Crippen LogP contribution < -0.4 is 0 Å². The van der Waals surface area contributed by atoms with E-state index in [1.54, 1.807) is 11.3 Å². The standard InChI is InChI=1S/C15H12F2N4OS/c16-12(17)14-21-20-13(22-14)9-7-18-11(19-8-9)6-15(3-4-15)10-2-1-5-23-10/h1-2,5,7-8,12H,3-4,6H2. The van der Waals surface area contributed by atoms with Gasteiger partial charge in [-0.1, -0.05) is 6.07 Å². The van der Waals surface area contributed by atoms with E-state index in [1.165, 1.54) is 17.3 Å². The van der Waals surface area contributed by atoms with E-state index in [-0.39, 0.29) is 11.3 Å². The molecule has 5 nitrogen and oxygen atoms in total. The molecule has 23 heavy (non-hydrogen) atoms. The number of halogens is 2. The van der Waals surface area contributed by atoms with Crippen molar-refractivity contribution >= 4 is 11.3 Å². The Labute approximate surface area is 134 Å². The number of rotatable bonds is 5. The maximum Gasteiger partial charge on any atom is 0.314 e. The first-order chi connectivity index (χ1) is 11.2. The highest BCUT2D eigenvalue weighted by molar-refractivity contribution is 7.10. The molecule has 1 aliphatic carbocycles. The molecule has 0 aliphatic heterocycles. The van der Waals surface area contributed by atoms with Crippen molar-refractivity contribution in [2.24, 2.45) is 0 Å². The molecule has 0 spiro atoms. The van der Waals surface area contributed by atoms with Gasteiger partial charge in [-0.15, -0.1) is 21.5 Å². The van der Waals surface area contributed by atoms with Crippen molar-refractivity contribution < 1.29 is 13.2 Å². The lowest BCUT2D eigenvalue weighted by atomic mass is 10.00. The fourth-order valence-electron chi connectivity index (χ4n) is 2.54. The Hall–Kier alpha value is -2.22. The minimum absolute atomic E-state index is 0.00578. The Morgan fingerprint density at radius 2 is 2.00 bits per heavy atom. The van der Waals surface area contributed by atoms with E-state index in [4.69, 9.17) is 4.42 Å². The van der Waals surface area contributed by atoms with Crippen molar-refractivity contribution in [2.75, 3.05) is 0 Å². The van der Waals surface area contributed by atoms with Crippen LogP contribution in [0.2, 0.25) is 0 Å². The second-order valence-corrected chi connectivity index (χ2v) is 6.52. The Balaban J connectivity index is 1.52. The molecule has 8 heteroatoms. The van der Waals surface area contributed by atoms with Gasteiger partial charge in [0.2, 0.25) is 0 Å². The number of nitrogens with zero attached hydrogens (tertiary/aromatic N) is 4. The molecular formula is C15H12F2N4OS. The van der Waals surface area contributed by atoms with Gasteiger partial charge in [0.15, 0.2) is 0 Å². The molecule has 4 rings (SSSR count). The number of hydrogen-bond donors (Lipinski definition) is 0. The molecule has 3 aromatic rings. The molecule has 0 amide bonds. The summed E-state index contributed by atoms with van der Waals surface area (Å²) in [6.07, 6.45) is 3.35. The average molecular weight is 334 g/mol. The van der Waals surface area contributed by atoms with Crippen molar-refractivity contribution in [3.63, 3.8) is 0 Å². The largest absolute Gasteiger partial charge is 0.415 e. The van der Waals surface area contributed by atoms with Crippen LogP contribution in [0.25, 0.3) is 11.5 Å². The molecule has 0 unspecified atom stereocenters. The molecule has 0 saturated heterocycles. The van der Waals surface area contributed by atoms with Gasteiger partial charge in [-0.3, -0.25) is 0 Å². The van der Waals surface area contributed by atoms with Crippen LogP contribution in [0.4, 0.5) is 8.78 Å². The molecule has 3 aromatic heterocycles. The molecule has 118 valence electrons. The first-order valence-electron chi connectivity index (χ1n) is 7.13. The van der Waals surface area contributed by atoms with E-state index < -0.39 is 12.3 Å². The summed E-state index contributed by atoms with van der Waals surface area (Å²) in [6.45, 7) is 0.